The number of aromatic amines is 2. The molecular formula is C10H14N5O5P. The van der Waals surface area contributed by atoms with E-state index in [0.717, 1.165) is 0 Å². The van der Waals surface area contributed by atoms with E-state index in [1.807, 2.05) is 0 Å². The fourth-order valence-electron chi connectivity index (χ4n) is 2.22. The number of nitrogens with two attached hydrogens (primary N) is 1. The van der Waals surface area contributed by atoms with E-state index in [-0.39, 0.29) is 18.6 Å². The average molecular weight is 315 g/mol. The molecule has 1 aliphatic heterocycles. The number of aromatic nitrogens is 4. The van der Waals surface area contributed by atoms with Crippen molar-refractivity contribution in [3.63, 3.8) is 0 Å². The molecule has 6 N–H and O–H groups in total. The lowest BCUT2D eigenvalue weighted by Crippen LogP contribution is -2.26. The van der Waals surface area contributed by atoms with Gasteiger partial charge in [-0.25, -0.2) is 4.98 Å². The van der Waals surface area contributed by atoms with E-state index in [4.69, 9.17) is 19.7 Å². The van der Waals surface area contributed by atoms with E-state index < -0.39 is 26.8 Å². The smallest absolute Gasteiger partial charge is 0.262 e. The Hall–Kier alpha value is -1.42. The van der Waals surface area contributed by atoms with Crippen molar-refractivity contribution in [2.24, 2.45) is 5.50 Å². The van der Waals surface area contributed by atoms with Crippen molar-refractivity contribution in [3.05, 3.63) is 22.4 Å². The van der Waals surface area contributed by atoms with Gasteiger partial charge in [0, 0.05) is 6.42 Å². The zero-order valence-corrected chi connectivity index (χ0v) is 11.7. The van der Waals surface area contributed by atoms with Crippen molar-refractivity contribution in [1.82, 2.24) is 20.2 Å². The molecular weight excluding hydrogens is 301 g/mol. The van der Waals surface area contributed by atoms with Gasteiger partial charge in [-0.3, -0.25) is 15.4 Å². The molecule has 1 fully saturated rings. The van der Waals surface area contributed by atoms with Gasteiger partial charge in [0.25, 0.3) is 5.56 Å². The number of ether oxygens (including phenoxy) is 1. The van der Waals surface area contributed by atoms with Crippen molar-refractivity contribution < 1.29 is 19.3 Å². The first-order chi connectivity index (χ1) is 10.0. The van der Waals surface area contributed by atoms with Crippen molar-refractivity contribution >= 4 is 19.6 Å². The number of rotatable bonds is 4. The second kappa shape index (κ2) is 5.76. The molecule has 0 spiro atoms. The molecule has 0 bridgehead atoms. The van der Waals surface area contributed by atoms with Crippen molar-refractivity contribution in [3.8, 4) is 0 Å². The van der Waals surface area contributed by atoms with Crippen LogP contribution in [0.1, 0.15) is 18.3 Å². The zero-order valence-electron chi connectivity index (χ0n) is 10.8. The number of H-pyrrole nitrogens is 2. The Morgan fingerprint density at radius 2 is 2.43 bits per heavy atom. The van der Waals surface area contributed by atoms with Gasteiger partial charge in [-0.05, 0) is 0 Å². The van der Waals surface area contributed by atoms with E-state index in [0.29, 0.717) is 16.9 Å². The second-order valence-electron chi connectivity index (χ2n) is 4.65. The SMILES string of the molecule is NP(O)OC[C@H]1O[C@@H](c2nc3[nH]ncc3c(=O)[nH]2)C[C@@H]1O. The third-order valence-electron chi connectivity index (χ3n) is 3.24. The largest absolute Gasteiger partial charge is 0.390 e. The van der Waals surface area contributed by atoms with Gasteiger partial charge in [0.05, 0.1) is 18.9 Å². The van der Waals surface area contributed by atoms with Gasteiger partial charge in [0.2, 0.25) is 8.53 Å². The quantitative estimate of drug-likeness (QED) is 0.451. The first-order valence-corrected chi connectivity index (χ1v) is 7.46. The molecule has 1 saturated heterocycles. The Balaban J connectivity index is 1.79. The van der Waals surface area contributed by atoms with Crippen LogP contribution in [0.25, 0.3) is 11.0 Å². The second-order valence-corrected chi connectivity index (χ2v) is 5.51. The highest BCUT2D eigenvalue weighted by molar-refractivity contribution is 7.43. The molecule has 10 nitrogen and oxygen atoms in total. The van der Waals surface area contributed by atoms with E-state index in [1.165, 1.54) is 6.20 Å². The lowest BCUT2D eigenvalue weighted by Gasteiger charge is -2.15. The molecule has 3 heterocycles. The van der Waals surface area contributed by atoms with Crippen LogP contribution in [0, 0.1) is 0 Å². The monoisotopic (exact) mass is 315 g/mol. The summed E-state index contributed by atoms with van der Waals surface area (Å²) >= 11 is 0. The maximum Gasteiger partial charge on any atom is 0.262 e. The van der Waals surface area contributed by atoms with E-state index >= 15 is 0 Å². The molecule has 0 radical (unpaired) electrons. The van der Waals surface area contributed by atoms with Gasteiger partial charge in [-0.15, -0.1) is 0 Å². The van der Waals surface area contributed by atoms with E-state index in [1.54, 1.807) is 0 Å². The molecule has 0 saturated carbocycles. The van der Waals surface area contributed by atoms with Crippen LogP contribution in [0.15, 0.2) is 11.0 Å². The fraction of sp³-hybridized carbons (Fsp3) is 0.500. The van der Waals surface area contributed by atoms with Crippen molar-refractivity contribution in [1.29, 1.82) is 0 Å². The summed E-state index contributed by atoms with van der Waals surface area (Å²) in [4.78, 5) is 27.6. The highest BCUT2D eigenvalue weighted by atomic mass is 31.2. The highest BCUT2D eigenvalue weighted by Crippen LogP contribution is 2.33. The summed E-state index contributed by atoms with van der Waals surface area (Å²) in [6.07, 6.45) is -0.371. The lowest BCUT2D eigenvalue weighted by molar-refractivity contribution is -0.0184. The van der Waals surface area contributed by atoms with Crippen molar-refractivity contribution in [2.45, 2.75) is 24.7 Å². The van der Waals surface area contributed by atoms with Crippen LogP contribution in [0.3, 0.4) is 0 Å². The Labute approximate surface area is 119 Å². The summed E-state index contributed by atoms with van der Waals surface area (Å²) in [5.41, 5.74) is 5.14. The standard InChI is InChI=1S/C10H14N5O5P/c11-21(18)19-3-7-5(16)1-6(20-7)9-13-8-4(2-12-15-8)10(17)14-9/h2,5-7,16,18H,1,3,11H2,(H2,12,13,14,15,17)/t5-,6+,7+,21?/m0/s1. The van der Waals surface area contributed by atoms with Crippen LogP contribution in [-0.2, 0) is 9.26 Å². The molecule has 4 atom stereocenters. The molecule has 2 aromatic heterocycles. The first-order valence-electron chi connectivity index (χ1n) is 6.18. The maximum atomic E-state index is 11.9. The minimum Gasteiger partial charge on any atom is -0.390 e. The Morgan fingerprint density at radius 1 is 1.62 bits per heavy atom. The van der Waals surface area contributed by atoms with Crippen LogP contribution in [0.4, 0.5) is 0 Å². The normalized spacial score (nSPS) is 27.3. The van der Waals surface area contributed by atoms with Gasteiger partial charge in [0.1, 0.15) is 23.4 Å². The molecule has 2 aromatic rings. The van der Waals surface area contributed by atoms with Crippen LogP contribution >= 0.6 is 8.53 Å². The number of aliphatic hydroxyl groups is 1. The Morgan fingerprint density at radius 3 is 3.19 bits per heavy atom. The third kappa shape index (κ3) is 2.95. The molecule has 0 amide bonds. The predicted octanol–water partition coefficient (Wildman–Crippen LogP) is -0.968. The average Bonchev–Trinajstić information content (AvgIpc) is 3.03. The van der Waals surface area contributed by atoms with Gasteiger partial charge in [-0.2, -0.15) is 5.10 Å². The molecule has 0 aromatic carbocycles. The highest BCUT2D eigenvalue weighted by Gasteiger charge is 2.36. The van der Waals surface area contributed by atoms with Crippen molar-refractivity contribution in [2.75, 3.05) is 6.61 Å². The minimum atomic E-state index is -2.00. The van der Waals surface area contributed by atoms with Crippen LogP contribution in [0.2, 0.25) is 0 Å². The Bertz CT molecular complexity index is 688. The summed E-state index contributed by atoms with van der Waals surface area (Å²) in [5, 5.41) is 16.6. The summed E-state index contributed by atoms with van der Waals surface area (Å²) in [6.45, 7) is -0.0348. The molecule has 1 unspecified atom stereocenters. The number of nitrogens with one attached hydrogen (secondary N) is 2. The molecule has 21 heavy (non-hydrogen) atoms. The molecule has 0 aliphatic carbocycles. The van der Waals surface area contributed by atoms with Gasteiger partial charge in [-0.1, -0.05) is 0 Å². The number of hydrogen-bond donors (Lipinski definition) is 5. The molecule has 3 rings (SSSR count). The van der Waals surface area contributed by atoms with E-state index in [2.05, 4.69) is 20.2 Å². The molecule has 11 heteroatoms. The Kier molecular flexibility index (Phi) is 3.98. The van der Waals surface area contributed by atoms with Gasteiger partial charge >= 0.3 is 0 Å². The topological polar surface area (TPSA) is 159 Å². The summed E-state index contributed by atoms with van der Waals surface area (Å²) in [5.74, 6) is 0.303. The van der Waals surface area contributed by atoms with E-state index in [9.17, 15) is 9.90 Å². The van der Waals surface area contributed by atoms with Crippen LogP contribution in [-0.4, -0.2) is 49.0 Å². The lowest BCUT2D eigenvalue weighted by atomic mass is 10.1. The molecule has 114 valence electrons. The summed E-state index contributed by atoms with van der Waals surface area (Å²) in [6, 6.07) is 0. The molecule has 1 aliphatic rings. The number of hydrogen-bond acceptors (Lipinski definition) is 8. The number of aliphatic hydroxyl groups excluding tert-OH is 1. The van der Waals surface area contributed by atoms with Crippen LogP contribution < -0.4 is 11.1 Å². The van der Waals surface area contributed by atoms with Gasteiger partial charge < -0.3 is 24.2 Å². The zero-order chi connectivity index (χ0) is 15.0. The number of fused-ring (bicyclic) bond motifs is 1. The predicted molar refractivity (Wildman–Crippen MR) is 72.0 cm³/mol. The minimum absolute atomic E-state index is 0.0348. The fourth-order valence-corrected chi connectivity index (χ4v) is 2.52. The third-order valence-corrected chi connectivity index (χ3v) is 3.65. The number of nitrogens with zero attached hydrogens (tertiary/aromatic N) is 2. The maximum absolute atomic E-state index is 11.9. The van der Waals surface area contributed by atoms with Crippen LogP contribution in [0.5, 0.6) is 0 Å². The summed E-state index contributed by atoms with van der Waals surface area (Å²) < 4.78 is 10.5. The van der Waals surface area contributed by atoms with Gasteiger partial charge in [0.15, 0.2) is 5.65 Å². The summed E-state index contributed by atoms with van der Waals surface area (Å²) in [7, 11) is -2.00. The first kappa shape index (κ1) is 14.5.